The van der Waals surface area contributed by atoms with Crippen molar-refractivity contribution in [2.45, 2.75) is 56.8 Å². The van der Waals surface area contributed by atoms with E-state index in [-0.39, 0.29) is 15.7 Å². The third kappa shape index (κ3) is 5.71. The minimum Gasteiger partial charge on any atom is -0.399 e. The molecule has 5 heteroatoms. The Morgan fingerprint density at radius 2 is 1.65 bits per heavy atom. The fraction of sp³-hybridized carbons (Fsp3) is 0.600. The number of sulfone groups is 1. The molecule has 0 aliphatic rings. The van der Waals surface area contributed by atoms with E-state index in [0.29, 0.717) is 12.1 Å². The molecular weight excluding hydrogens is 294 g/mol. The van der Waals surface area contributed by atoms with E-state index in [1.54, 1.807) is 6.07 Å². The summed E-state index contributed by atoms with van der Waals surface area (Å²) in [6.45, 7) is 2.18. The van der Waals surface area contributed by atoms with Crippen molar-refractivity contribution in [2.24, 2.45) is 0 Å². The Bertz CT molecular complexity index is 515. The number of rotatable bonds is 9. The average Bonchev–Trinajstić information content (AvgIpc) is 2.40. The zero-order chi connectivity index (χ0) is 15.0. The molecule has 2 N–H and O–H groups in total. The molecule has 0 aliphatic carbocycles. The summed E-state index contributed by atoms with van der Waals surface area (Å²) in [5.74, 6) is 0.143. The predicted molar refractivity (Wildman–Crippen MR) is 85.9 cm³/mol. The fourth-order valence-electron chi connectivity index (χ4n) is 2.12. The lowest BCUT2D eigenvalue weighted by Crippen LogP contribution is -2.08. The van der Waals surface area contributed by atoms with Gasteiger partial charge in [0.15, 0.2) is 9.84 Å². The van der Waals surface area contributed by atoms with Gasteiger partial charge in [0, 0.05) is 5.69 Å². The number of nitrogen functional groups attached to an aromatic ring is 1. The van der Waals surface area contributed by atoms with Crippen LogP contribution in [0.1, 0.15) is 51.9 Å². The van der Waals surface area contributed by atoms with Crippen LogP contribution >= 0.6 is 11.6 Å². The summed E-state index contributed by atoms with van der Waals surface area (Å²) in [4.78, 5) is 0.158. The molecule has 0 unspecified atom stereocenters. The van der Waals surface area contributed by atoms with Gasteiger partial charge in [-0.2, -0.15) is 0 Å². The van der Waals surface area contributed by atoms with Gasteiger partial charge >= 0.3 is 0 Å². The molecule has 0 bridgehead atoms. The minimum absolute atomic E-state index is 0.143. The van der Waals surface area contributed by atoms with Crippen LogP contribution in [0.5, 0.6) is 0 Å². The van der Waals surface area contributed by atoms with Gasteiger partial charge in [0.2, 0.25) is 0 Å². The molecule has 0 heterocycles. The second-order valence-electron chi connectivity index (χ2n) is 5.13. The Hall–Kier alpha value is -0.740. The summed E-state index contributed by atoms with van der Waals surface area (Å²) in [6, 6.07) is 4.59. The van der Waals surface area contributed by atoms with E-state index in [2.05, 4.69) is 6.92 Å². The first-order valence-electron chi connectivity index (χ1n) is 7.25. The third-order valence-electron chi connectivity index (χ3n) is 3.31. The molecule has 114 valence electrons. The fourth-order valence-corrected chi connectivity index (χ4v) is 4.07. The quantitative estimate of drug-likeness (QED) is 0.541. The summed E-state index contributed by atoms with van der Waals surface area (Å²) >= 11 is 5.94. The first-order valence-corrected chi connectivity index (χ1v) is 9.28. The van der Waals surface area contributed by atoms with Gasteiger partial charge in [-0.3, -0.25) is 0 Å². The number of halogens is 1. The van der Waals surface area contributed by atoms with Gasteiger partial charge < -0.3 is 5.73 Å². The van der Waals surface area contributed by atoms with Crippen LogP contribution in [0.4, 0.5) is 5.69 Å². The third-order valence-corrected chi connectivity index (χ3v) is 5.58. The second kappa shape index (κ2) is 8.53. The monoisotopic (exact) mass is 317 g/mol. The molecular formula is C15H24ClNO2S. The van der Waals surface area contributed by atoms with E-state index in [0.717, 1.165) is 12.8 Å². The lowest BCUT2D eigenvalue weighted by Gasteiger charge is -2.07. The van der Waals surface area contributed by atoms with Gasteiger partial charge in [-0.1, -0.05) is 57.0 Å². The van der Waals surface area contributed by atoms with Gasteiger partial charge in [0.25, 0.3) is 0 Å². The van der Waals surface area contributed by atoms with E-state index in [4.69, 9.17) is 17.3 Å². The van der Waals surface area contributed by atoms with Gasteiger partial charge in [0.1, 0.15) is 0 Å². The van der Waals surface area contributed by atoms with Crippen LogP contribution in [-0.4, -0.2) is 14.2 Å². The van der Waals surface area contributed by atoms with Gasteiger partial charge in [0.05, 0.1) is 15.7 Å². The molecule has 0 saturated heterocycles. The molecule has 1 aromatic rings. The lowest BCUT2D eigenvalue weighted by atomic mass is 10.1. The van der Waals surface area contributed by atoms with Gasteiger partial charge in [-0.05, 0) is 24.6 Å². The largest absolute Gasteiger partial charge is 0.399 e. The van der Waals surface area contributed by atoms with Crippen molar-refractivity contribution in [2.75, 3.05) is 11.5 Å². The summed E-state index contributed by atoms with van der Waals surface area (Å²) in [7, 11) is -3.32. The molecule has 0 amide bonds. The lowest BCUT2D eigenvalue weighted by molar-refractivity contribution is 0.579. The zero-order valence-electron chi connectivity index (χ0n) is 12.1. The van der Waals surface area contributed by atoms with Crippen LogP contribution in [0.2, 0.25) is 5.02 Å². The number of benzene rings is 1. The summed E-state index contributed by atoms with van der Waals surface area (Å²) < 4.78 is 24.4. The average molecular weight is 318 g/mol. The maximum atomic E-state index is 12.2. The van der Waals surface area contributed by atoms with Crippen molar-refractivity contribution in [3.8, 4) is 0 Å². The van der Waals surface area contributed by atoms with E-state index in [9.17, 15) is 8.42 Å². The summed E-state index contributed by atoms with van der Waals surface area (Å²) in [5.41, 5.74) is 6.05. The van der Waals surface area contributed by atoms with E-state index in [1.807, 2.05) is 0 Å². The Kier molecular flexibility index (Phi) is 7.38. The van der Waals surface area contributed by atoms with Crippen molar-refractivity contribution >= 4 is 27.1 Å². The first-order chi connectivity index (χ1) is 9.47. The maximum Gasteiger partial charge on any atom is 0.179 e. The van der Waals surface area contributed by atoms with Crippen molar-refractivity contribution < 1.29 is 8.42 Å². The van der Waals surface area contributed by atoms with Crippen molar-refractivity contribution in [1.29, 1.82) is 0 Å². The molecule has 0 saturated carbocycles. The number of anilines is 1. The summed E-state index contributed by atoms with van der Waals surface area (Å²) in [5, 5.41) is 0.252. The van der Waals surface area contributed by atoms with Crippen molar-refractivity contribution in [1.82, 2.24) is 0 Å². The van der Waals surface area contributed by atoms with Gasteiger partial charge in [-0.25, -0.2) is 8.42 Å². The minimum atomic E-state index is -3.32. The molecule has 0 radical (unpaired) electrons. The van der Waals surface area contributed by atoms with Crippen LogP contribution in [-0.2, 0) is 9.84 Å². The Labute approximate surface area is 127 Å². The van der Waals surface area contributed by atoms with Crippen LogP contribution < -0.4 is 5.73 Å². The molecule has 3 nitrogen and oxygen atoms in total. The first kappa shape index (κ1) is 17.3. The number of nitrogens with two attached hydrogens (primary N) is 1. The standard InChI is InChI=1S/C15H24ClNO2S/c1-2-3-4-5-6-7-8-11-20(18,19)15-12-13(17)9-10-14(15)16/h9-10,12H,2-8,11,17H2,1H3. The SMILES string of the molecule is CCCCCCCCCS(=O)(=O)c1cc(N)ccc1Cl. The van der Waals surface area contributed by atoms with Crippen molar-refractivity contribution in [3.05, 3.63) is 23.2 Å². The number of hydrogen-bond donors (Lipinski definition) is 1. The van der Waals surface area contributed by atoms with Crippen LogP contribution in [0, 0.1) is 0 Å². The number of unbranched alkanes of at least 4 members (excludes halogenated alkanes) is 6. The van der Waals surface area contributed by atoms with Gasteiger partial charge in [-0.15, -0.1) is 0 Å². The molecule has 0 aliphatic heterocycles. The maximum absolute atomic E-state index is 12.2. The highest BCUT2D eigenvalue weighted by Crippen LogP contribution is 2.25. The number of hydrogen-bond acceptors (Lipinski definition) is 3. The summed E-state index contributed by atoms with van der Waals surface area (Å²) in [6.07, 6.45) is 7.64. The topological polar surface area (TPSA) is 60.2 Å². The van der Waals surface area contributed by atoms with E-state index < -0.39 is 9.84 Å². The smallest absolute Gasteiger partial charge is 0.179 e. The van der Waals surface area contributed by atoms with E-state index >= 15 is 0 Å². The highest BCUT2D eigenvalue weighted by Gasteiger charge is 2.17. The van der Waals surface area contributed by atoms with Crippen LogP contribution in [0.3, 0.4) is 0 Å². The molecule has 1 rings (SSSR count). The van der Waals surface area contributed by atoms with Crippen LogP contribution in [0.25, 0.3) is 0 Å². The normalized spacial score (nSPS) is 11.7. The van der Waals surface area contributed by atoms with Crippen molar-refractivity contribution in [3.63, 3.8) is 0 Å². The Balaban J connectivity index is 2.44. The molecule has 0 spiro atoms. The zero-order valence-corrected chi connectivity index (χ0v) is 13.6. The Morgan fingerprint density at radius 1 is 1.05 bits per heavy atom. The molecule has 0 atom stereocenters. The van der Waals surface area contributed by atoms with Crippen LogP contribution in [0.15, 0.2) is 23.1 Å². The highest BCUT2D eigenvalue weighted by molar-refractivity contribution is 7.91. The predicted octanol–water partition coefficient (Wildman–Crippen LogP) is 4.45. The Morgan fingerprint density at radius 3 is 2.30 bits per heavy atom. The van der Waals surface area contributed by atoms with E-state index in [1.165, 1.54) is 37.8 Å². The molecule has 0 aromatic heterocycles. The molecule has 20 heavy (non-hydrogen) atoms. The molecule has 1 aromatic carbocycles. The second-order valence-corrected chi connectivity index (χ2v) is 7.61. The molecule has 0 fully saturated rings. The highest BCUT2D eigenvalue weighted by atomic mass is 35.5.